The van der Waals surface area contributed by atoms with E-state index in [4.69, 9.17) is 5.73 Å². The first-order valence-corrected chi connectivity index (χ1v) is 8.06. The van der Waals surface area contributed by atoms with Crippen molar-refractivity contribution in [3.8, 4) is 5.82 Å². The molecule has 0 atom stereocenters. The van der Waals surface area contributed by atoms with Crippen molar-refractivity contribution in [1.29, 1.82) is 0 Å². The van der Waals surface area contributed by atoms with Gasteiger partial charge in [0.05, 0.1) is 0 Å². The van der Waals surface area contributed by atoms with Crippen LogP contribution in [0.1, 0.15) is 0 Å². The molecule has 0 spiro atoms. The number of benzene rings is 1. The number of anilines is 3. The van der Waals surface area contributed by atoms with Crippen LogP contribution in [0.4, 0.5) is 21.6 Å². The van der Waals surface area contributed by atoms with Crippen LogP contribution in [0.15, 0.2) is 49.3 Å². The molecular formula is C17H18FN7. The Morgan fingerprint density at radius 1 is 0.920 bits per heavy atom. The minimum Gasteiger partial charge on any atom is -0.393 e. The third-order valence-corrected chi connectivity index (χ3v) is 4.36. The van der Waals surface area contributed by atoms with Crippen LogP contribution in [0.3, 0.4) is 0 Å². The molecule has 128 valence electrons. The number of imidazole rings is 1. The molecule has 3 aromatic rings. The van der Waals surface area contributed by atoms with E-state index in [-0.39, 0.29) is 5.82 Å². The van der Waals surface area contributed by atoms with Gasteiger partial charge in [0.2, 0.25) is 0 Å². The van der Waals surface area contributed by atoms with E-state index in [1.165, 1.54) is 18.5 Å². The smallest absolute Gasteiger partial charge is 0.166 e. The third-order valence-electron chi connectivity index (χ3n) is 4.36. The summed E-state index contributed by atoms with van der Waals surface area (Å²) in [4.78, 5) is 17.0. The van der Waals surface area contributed by atoms with E-state index in [0.29, 0.717) is 11.5 Å². The van der Waals surface area contributed by atoms with Gasteiger partial charge < -0.3 is 15.5 Å². The van der Waals surface area contributed by atoms with E-state index < -0.39 is 0 Å². The minimum atomic E-state index is -0.219. The highest BCUT2D eigenvalue weighted by molar-refractivity contribution is 5.70. The summed E-state index contributed by atoms with van der Waals surface area (Å²) in [6.07, 6.45) is 6.67. The largest absolute Gasteiger partial charge is 0.393 e. The maximum atomic E-state index is 13.1. The molecule has 3 heterocycles. The lowest BCUT2D eigenvalue weighted by Gasteiger charge is -2.37. The van der Waals surface area contributed by atoms with Gasteiger partial charge in [-0.3, -0.25) is 4.57 Å². The van der Waals surface area contributed by atoms with Gasteiger partial charge in [0.15, 0.2) is 11.6 Å². The summed E-state index contributed by atoms with van der Waals surface area (Å²) in [6.45, 7) is 3.19. The van der Waals surface area contributed by atoms with Gasteiger partial charge in [-0.15, -0.1) is 0 Å². The Morgan fingerprint density at radius 3 is 2.28 bits per heavy atom. The Morgan fingerprint density at radius 2 is 1.60 bits per heavy atom. The zero-order chi connectivity index (χ0) is 17.2. The minimum absolute atomic E-state index is 0.219. The quantitative estimate of drug-likeness (QED) is 0.783. The predicted octanol–water partition coefficient (Wildman–Crippen LogP) is 1.71. The SMILES string of the molecule is Nc1c(N2CCN(c3ccc(F)cc3)CC2)ncnc1-n1ccnc1. The summed E-state index contributed by atoms with van der Waals surface area (Å²) in [6, 6.07) is 6.59. The molecule has 0 aliphatic carbocycles. The summed E-state index contributed by atoms with van der Waals surface area (Å²) in [5, 5.41) is 0. The van der Waals surface area contributed by atoms with Gasteiger partial charge >= 0.3 is 0 Å². The number of aromatic nitrogens is 4. The lowest BCUT2D eigenvalue weighted by atomic mass is 10.2. The van der Waals surface area contributed by atoms with Crippen LogP contribution in [0, 0.1) is 5.82 Å². The number of nitrogens with zero attached hydrogens (tertiary/aromatic N) is 6. The molecule has 0 amide bonds. The zero-order valence-corrected chi connectivity index (χ0v) is 13.6. The fraction of sp³-hybridized carbons (Fsp3) is 0.235. The van der Waals surface area contributed by atoms with E-state index in [1.54, 1.807) is 35.4 Å². The molecule has 2 N–H and O–H groups in total. The number of hydrogen-bond donors (Lipinski definition) is 1. The molecule has 1 fully saturated rings. The Kier molecular flexibility index (Phi) is 3.93. The van der Waals surface area contributed by atoms with Crippen molar-refractivity contribution in [2.75, 3.05) is 41.7 Å². The van der Waals surface area contributed by atoms with Gasteiger partial charge in [-0.2, -0.15) is 0 Å². The molecule has 0 radical (unpaired) electrons. The highest BCUT2D eigenvalue weighted by Crippen LogP contribution is 2.27. The lowest BCUT2D eigenvalue weighted by Crippen LogP contribution is -2.47. The Balaban J connectivity index is 1.51. The summed E-state index contributed by atoms with van der Waals surface area (Å²) in [7, 11) is 0. The fourth-order valence-electron chi connectivity index (χ4n) is 3.05. The fourth-order valence-corrected chi connectivity index (χ4v) is 3.05. The maximum absolute atomic E-state index is 13.1. The topological polar surface area (TPSA) is 76.1 Å². The van der Waals surface area contributed by atoms with Crippen LogP contribution in [0.25, 0.3) is 5.82 Å². The monoisotopic (exact) mass is 339 g/mol. The maximum Gasteiger partial charge on any atom is 0.166 e. The third kappa shape index (κ3) is 2.98. The average molecular weight is 339 g/mol. The van der Waals surface area contributed by atoms with Gasteiger partial charge in [-0.25, -0.2) is 19.3 Å². The number of hydrogen-bond acceptors (Lipinski definition) is 6. The van der Waals surface area contributed by atoms with E-state index in [0.717, 1.165) is 37.7 Å². The summed E-state index contributed by atoms with van der Waals surface area (Å²) >= 11 is 0. The Hall–Kier alpha value is -3.16. The zero-order valence-electron chi connectivity index (χ0n) is 13.6. The molecule has 1 aromatic carbocycles. The average Bonchev–Trinajstić information content (AvgIpc) is 3.17. The number of rotatable bonds is 3. The summed E-state index contributed by atoms with van der Waals surface area (Å²) in [5.74, 6) is 1.14. The summed E-state index contributed by atoms with van der Waals surface area (Å²) in [5.41, 5.74) is 7.86. The van der Waals surface area contributed by atoms with Gasteiger partial charge in [0.1, 0.15) is 24.2 Å². The molecule has 7 nitrogen and oxygen atoms in total. The number of nitrogen functional groups attached to an aromatic ring is 1. The molecule has 1 aliphatic rings. The van der Waals surface area contributed by atoms with E-state index >= 15 is 0 Å². The molecule has 8 heteroatoms. The van der Waals surface area contributed by atoms with Gasteiger partial charge in [0.25, 0.3) is 0 Å². The second kappa shape index (κ2) is 6.39. The van der Waals surface area contributed by atoms with Crippen molar-refractivity contribution in [3.63, 3.8) is 0 Å². The molecule has 4 rings (SSSR count). The van der Waals surface area contributed by atoms with E-state index in [1.807, 2.05) is 0 Å². The van der Waals surface area contributed by atoms with Gasteiger partial charge in [-0.1, -0.05) is 0 Å². The predicted molar refractivity (Wildman–Crippen MR) is 94.4 cm³/mol. The van der Waals surface area contributed by atoms with E-state index in [9.17, 15) is 4.39 Å². The second-order valence-corrected chi connectivity index (χ2v) is 5.86. The molecule has 1 aliphatic heterocycles. The van der Waals surface area contributed by atoms with Gasteiger partial charge in [-0.05, 0) is 24.3 Å². The Labute approximate surface area is 144 Å². The molecule has 25 heavy (non-hydrogen) atoms. The number of halogens is 1. The van der Waals surface area contributed by atoms with Crippen molar-refractivity contribution < 1.29 is 4.39 Å². The van der Waals surface area contributed by atoms with Crippen LogP contribution in [-0.4, -0.2) is 45.7 Å². The number of piperazine rings is 1. The first kappa shape index (κ1) is 15.4. The van der Waals surface area contributed by atoms with Crippen LogP contribution in [-0.2, 0) is 0 Å². The van der Waals surface area contributed by atoms with Crippen molar-refractivity contribution >= 4 is 17.2 Å². The van der Waals surface area contributed by atoms with Crippen LogP contribution < -0.4 is 15.5 Å². The standard InChI is InChI=1S/C17H18FN7/c18-13-1-3-14(4-2-13)23-7-9-24(10-8-23)16-15(19)17(22-11-21-16)25-6-5-20-12-25/h1-6,11-12H,7-10,19H2. The Bertz CT molecular complexity index is 840. The van der Waals surface area contributed by atoms with Crippen LogP contribution >= 0.6 is 0 Å². The molecule has 1 saturated heterocycles. The first-order chi connectivity index (χ1) is 12.2. The van der Waals surface area contributed by atoms with Crippen molar-refractivity contribution in [1.82, 2.24) is 19.5 Å². The highest BCUT2D eigenvalue weighted by Gasteiger charge is 2.21. The highest BCUT2D eigenvalue weighted by atomic mass is 19.1. The summed E-state index contributed by atoms with van der Waals surface area (Å²) < 4.78 is 14.8. The van der Waals surface area contributed by atoms with Crippen molar-refractivity contribution in [3.05, 3.63) is 55.1 Å². The van der Waals surface area contributed by atoms with Crippen LogP contribution in [0.2, 0.25) is 0 Å². The molecule has 0 saturated carbocycles. The van der Waals surface area contributed by atoms with Crippen molar-refractivity contribution in [2.45, 2.75) is 0 Å². The first-order valence-electron chi connectivity index (χ1n) is 8.06. The normalized spacial score (nSPS) is 14.8. The lowest BCUT2D eigenvalue weighted by molar-refractivity contribution is 0.624. The molecule has 0 bridgehead atoms. The number of nitrogens with two attached hydrogens (primary N) is 1. The van der Waals surface area contributed by atoms with E-state index in [2.05, 4.69) is 24.8 Å². The molecular weight excluding hydrogens is 321 g/mol. The van der Waals surface area contributed by atoms with Gasteiger partial charge in [0, 0.05) is 44.3 Å². The van der Waals surface area contributed by atoms with Crippen LogP contribution in [0.5, 0.6) is 0 Å². The molecule has 2 aromatic heterocycles. The molecule has 0 unspecified atom stereocenters. The second-order valence-electron chi connectivity index (χ2n) is 5.86. The van der Waals surface area contributed by atoms with Crippen molar-refractivity contribution in [2.24, 2.45) is 0 Å².